The number of hydrogen-bond donors (Lipinski definition) is 1. The first-order valence-corrected chi connectivity index (χ1v) is 4.26. The molecule has 1 N–H and O–H groups in total. The number of halogens is 1. The number of benzene rings is 1. The molecule has 1 aliphatic rings. The molecule has 1 aromatic carbocycles. The monoisotopic (exact) mass is 165 g/mol. The summed E-state index contributed by atoms with van der Waals surface area (Å²) in [5.41, 5.74) is 1.19. The van der Waals surface area contributed by atoms with Gasteiger partial charge >= 0.3 is 0 Å². The summed E-state index contributed by atoms with van der Waals surface area (Å²) in [6.07, 6.45) is 0. The Balaban J connectivity index is 2.18. The van der Waals surface area contributed by atoms with Crippen LogP contribution in [0.3, 0.4) is 0 Å². The van der Waals surface area contributed by atoms with E-state index in [1.54, 1.807) is 0 Å². The van der Waals surface area contributed by atoms with E-state index in [1.165, 1.54) is 17.7 Å². The van der Waals surface area contributed by atoms with E-state index in [4.69, 9.17) is 0 Å². The molecule has 1 saturated heterocycles. The molecule has 0 amide bonds. The summed E-state index contributed by atoms with van der Waals surface area (Å²) in [6.45, 7) is 3.27. The third kappa shape index (κ3) is 1.23. The van der Waals surface area contributed by atoms with Crippen molar-refractivity contribution in [2.75, 3.05) is 6.54 Å². The average molecular weight is 165 g/mol. The maximum atomic E-state index is 12.5. The third-order valence-corrected chi connectivity index (χ3v) is 2.46. The molecule has 0 bridgehead atoms. The zero-order chi connectivity index (χ0) is 8.55. The van der Waals surface area contributed by atoms with Gasteiger partial charge in [-0.15, -0.1) is 0 Å². The van der Waals surface area contributed by atoms with Gasteiger partial charge in [-0.25, -0.2) is 4.39 Å². The molecule has 2 atom stereocenters. The van der Waals surface area contributed by atoms with Crippen molar-refractivity contribution >= 4 is 0 Å². The fourth-order valence-corrected chi connectivity index (χ4v) is 1.59. The van der Waals surface area contributed by atoms with Crippen molar-refractivity contribution in [3.05, 3.63) is 35.6 Å². The summed E-state index contributed by atoms with van der Waals surface area (Å²) in [6, 6.07) is 7.17. The Kier molecular flexibility index (Phi) is 1.85. The van der Waals surface area contributed by atoms with Gasteiger partial charge in [0.15, 0.2) is 0 Å². The van der Waals surface area contributed by atoms with Crippen LogP contribution in [-0.4, -0.2) is 6.54 Å². The molecule has 0 saturated carbocycles. The van der Waals surface area contributed by atoms with Gasteiger partial charge in [-0.1, -0.05) is 19.1 Å². The van der Waals surface area contributed by atoms with Gasteiger partial charge < -0.3 is 5.32 Å². The van der Waals surface area contributed by atoms with Crippen molar-refractivity contribution < 1.29 is 4.39 Å². The van der Waals surface area contributed by atoms with E-state index in [9.17, 15) is 4.39 Å². The summed E-state index contributed by atoms with van der Waals surface area (Å²) < 4.78 is 12.5. The molecule has 1 heterocycles. The van der Waals surface area contributed by atoms with Gasteiger partial charge in [0.1, 0.15) is 5.82 Å². The molecular weight excluding hydrogens is 153 g/mol. The Morgan fingerprint density at radius 2 is 2.00 bits per heavy atom. The molecule has 1 aliphatic heterocycles. The lowest BCUT2D eigenvalue weighted by molar-refractivity contribution is 0.258. The van der Waals surface area contributed by atoms with Crippen LogP contribution in [-0.2, 0) is 0 Å². The number of hydrogen-bond acceptors (Lipinski definition) is 1. The second-order valence-electron chi connectivity index (χ2n) is 3.41. The lowest BCUT2D eigenvalue weighted by atomic mass is 9.88. The lowest BCUT2D eigenvalue weighted by Gasteiger charge is -2.35. The second kappa shape index (κ2) is 2.87. The van der Waals surface area contributed by atoms with E-state index in [-0.39, 0.29) is 5.82 Å². The maximum absolute atomic E-state index is 12.5. The normalized spacial score (nSPS) is 28.2. The zero-order valence-electron chi connectivity index (χ0n) is 7.05. The van der Waals surface area contributed by atoms with Crippen LogP contribution in [0.2, 0.25) is 0 Å². The predicted molar refractivity (Wildman–Crippen MR) is 46.3 cm³/mol. The minimum atomic E-state index is -0.161. The van der Waals surface area contributed by atoms with Gasteiger partial charge in [-0.2, -0.15) is 0 Å². The van der Waals surface area contributed by atoms with Gasteiger partial charge in [0, 0.05) is 12.6 Å². The SMILES string of the molecule is CC1CNC1c1ccc(F)cc1. The first kappa shape index (κ1) is 7.74. The predicted octanol–water partition coefficient (Wildman–Crippen LogP) is 2.11. The van der Waals surface area contributed by atoms with Gasteiger partial charge in [-0.3, -0.25) is 0 Å². The summed E-state index contributed by atoms with van der Waals surface area (Å²) in [5, 5.41) is 3.31. The Morgan fingerprint density at radius 1 is 1.33 bits per heavy atom. The fraction of sp³-hybridized carbons (Fsp3) is 0.400. The van der Waals surface area contributed by atoms with Crippen LogP contribution < -0.4 is 5.32 Å². The minimum absolute atomic E-state index is 0.161. The molecule has 2 heteroatoms. The second-order valence-corrected chi connectivity index (χ2v) is 3.41. The van der Waals surface area contributed by atoms with E-state index >= 15 is 0 Å². The van der Waals surface area contributed by atoms with Crippen molar-refractivity contribution in [2.24, 2.45) is 5.92 Å². The van der Waals surface area contributed by atoms with E-state index in [2.05, 4.69) is 12.2 Å². The molecule has 1 aromatic rings. The quantitative estimate of drug-likeness (QED) is 0.672. The maximum Gasteiger partial charge on any atom is 0.123 e. The molecular formula is C10H12FN. The molecule has 64 valence electrons. The highest BCUT2D eigenvalue weighted by atomic mass is 19.1. The van der Waals surface area contributed by atoms with Crippen molar-refractivity contribution in [2.45, 2.75) is 13.0 Å². The highest BCUT2D eigenvalue weighted by molar-refractivity contribution is 5.22. The first-order chi connectivity index (χ1) is 5.77. The van der Waals surface area contributed by atoms with E-state index in [0.29, 0.717) is 12.0 Å². The Hall–Kier alpha value is -0.890. The van der Waals surface area contributed by atoms with Crippen LogP contribution in [0.1, 0.15) is 18.5 Å². The fourth-order valence-electron chi connectivity index (χ4n) is 1.59. The van der Waals surface area contributed by atoms with Crippen molar-refractivity contribution in [1.29, 1.82) is 0 Å². The summed E-state index contributed by atoms with van der Waals surface area (Å²) in [7, 11) is 0. The molecule has 0 spiro atoms. The molecule has 0 radical (unpaired) electrons. The van der Waals surface area contributed by atoms with Gasteiger partial charge in [-0.05, 0) is 23.6 Å². The average Bonchev–Trinajstić information content (AvgIpc) is 2.06. The highest BCUT2D eigenvalue weighted by Crippen LogP contribution is 2.28. The standard InChI is InChI=1S/C10H12FN/c1-7-6-12-10(7)8-2-4-9(11)5-3-8/h2-5,7,10,12H,6H2,1H3. The Labute approximate surface area is 71.6 Å². The largest absolute Gasteiger partial charge is 0.309 e. The molecule has 2 rings (SSSR count). The number of rotatable bonds is 1. The van der Waals surface area contributed by atoms with E-state index in [0.717, 1.165) is 6.54 Å². The molecule has 1 nitrogen and oxygen atoms in total. The highest BCUT2D eigenvalue weighted by Gasteiger charge is 2.26. The summed E-state index contributed by atoms with van der Waals surface area (Å²) >= 11 is 0. The van der Waals surface area contributed by atoms with Crippen LogP contribution in [0, 0.1) is 11.7 Å². The van der Waals surface area contributed by atoms with Crippen LogP contribution in [0.15, 0.2) is 24.3 Å². The topological polar surface area (TPSA) is 12.0 Å². The molecule has 2 unspecified atom stereocenters. The first-order valence-electron chi connectivity index (χ1n) is 4.26. The number of nitrogens with one attached hydrogen (secondary N) is 1. The molecule has 12 heavy (non-hydrogen) atoms. The Bertz CT molecular complexity index is 268. The minimum Gasteiger partial charge on any atom is -0.309 e. The van der Waals surface area contributed by atoms with Crippen LogP contribution in [0.25, 0.3) is 0 Å². The zero-order valence-corrected chi connectivity index (χ0v) is 7.05. The van der Waals surface area contributed by atoms with Crippen LogP contribution in [0.4, 0.5) is 4.39 Å². The van der Waals surface area contributed by atoms with Crippen LogP contribution >= 0.6 is 0 Å². The smallest absolute Gasteiger partial charge is 0.123 e. The third-order valence-electron chi connectivity index (χ3n) is 2.46. The van der Waals surface area contributed by atoms with Gasteiger partial charge in [0.2, 0.25) is 0 Å². The Morgan fingerprint density at radius 3 is 2.42 bits per heavy atom. The summed E-state index contributed by atoms with van der Waals surface area (Å²) in [4.78, 5) is 0. The van der Waals surface area contributed by atoms with Gasteiger partial charge in [0.05, 0.1) is 0 Å². The lowest BCUT2D eigenvalue weighted by Crippen LogP contribution is -2.43. The van der Waals surface area contributed by atoms with Crippen molar-refractivity contribution in [1.82, 2.24) is 5.32 Å². The summed E-state index contributed by atoms with van der Waals surface area (Å²) in [5.74, 6) is 0.515. The van der Waals surface area contributed by atoms with Crippen LogP contribution in [0.5, 0.6) is 0 Å². The van der Waals surface area contributed by atoms with Crippen molar-refractivity contribution in [3.63, 3.8) is 0 Å². The van der Waals surface area contributed by atoms with E-state index in [1.807, 2.05) is 12.1 Å². The van der Waals surface area contributed by atoms with Gasteiger partial charge in [0.25, 0.3) is 0 Å². The molecule has 0 aromatic heterocycles. The molecule has 0 aliphatic carbocycles. The molecule has 1 fully saturated rings. The van der Waals surface area contributed by atoms with E-state index < -0.39 is 0 Å². The van der Waals surface area contributed by atoms with Crippen molar-refractivity contribution in [3.8, 4) is 0 Å².